The van der Waals surface area contributed by atoms with Crippen LogP contribution in [0.15, 0.2) is 33.5 Å². The highest BCUT2D eigenvalue weighted by atomic mass is 16.4. The zero-order valence-corrected chi connectivity index (χ0v) is 13.5. The highest BCUT2D eigenvalue weighted by Crippen LogP contribution is 2.26. The van der Waals surface area contributed by atoms with Gasteiger partial charge in [-0.1, -0.05) is 12.1 Å². The molecule has 23 heavy (non-hydrogen) atoms. The lowest BCUT2D eigenvalue weighted by atomic mass is 10.2. The molecule has 3 rings (SSSR count). The fraction of sp³-hybridized carbons (Fsp3) is 0.471. The molecule has 3 N–H and O–H groups in total. The summed E-state index contributed by atoms with van der Waals surface area (Å²) in [5.74, 6) is 0. The van der Waals surface area contributed by atoms with Gasteiger partial charge in [-0.2, -0.15) is 0 Å². The number of hydrogen-bond donors (Lipinski definition) is 2. The topological polar surface area (TPSA) is 74.7 Å². The van der Waals surface area contributed by atoms with E-state index in [0.29, 0.717) is 11.3 Å². The number of benzene rings is 1. The highest BCUT2D eigenvalue weighted by molar-refractivity contribution is 5.95. The minimum Gasteiger partial charge on any atom is -0.421 e. The first kappa shape index (κ1) is 15.8. The van der Waals surface area contributed by atoms with E-state index in [-0.39, 0.29) is 5.69 Å². The number of fused-ring (bicyclic) bond motifs is 1. The summed E-state index contributed by atoms with van der Waals surface area (Å²) in [6, 6.07) is 7.46. The SMILES string of the molecule is CN1CCN(CCCNc2c(N)c(=O)oc3ccccc23)CC1. The number of nitrogens with one attached hydrogen (secondary N) is 1. The molecule has 0 unspecified atom stereocenters. The Morgan fingerprint density at radius 3 is 2.74 bits per heavy atom. The Labute approximate surface area is 135 Å². The number of likely N-dealkylation sites (N-methyl/N-ethyl adjacent to an activating group) is 1. The minimum absolute atomic E-state index is 0.156. The van der Waals surface area contributed by atoms with Crippen molar-refractivity contribution in [1.82, 2.24) is 9.80 Å². The van der Waals surface area contributed by atoms with Crippen molar-refractivity contribution in [3.05, 3.63) is 34.7 Å². The van der Waals surface area contributed by atoms with Gasteiger partial charge in [-0.05, 0) is 32.1 Å². The Bertz CT molecular complexity index is 720. The summed E-state index contributed by atoms with van der Waals surface area (Å²) in [6.07, 6.45) is 1.01. The van der Waals surface area contributed by atoms with Crippen molar-refractivity contribution in [2.24, 2.45) is 0 Å². The summed E-state index contributed by atoms with van der Waals surface area (Å²) in [4.78, 5) is 16.6. The number of hydrogen-bond acceptors (Lipinski definition) is 6. The molecular weight excluding hydrogens is 292 g/mol. The third kappa shape index (κ3) is 3.65. The molecule has 0 atom stereocenters. The van der Waals surface area contributed by atoms with Crippen LogP contribution in [0.3, 0.4) is 0 Å². The van der Waals surface area contributed by atoms with E-state index in [1.54, 1.807) is 6.07 Å². The molecule has 0 radical (unpaired) electrons. The van der Waals surface area contributed by atoms with Crippen molar-refractivity contribution >= 4 is 22.3 Å². The highest BCUT2D eigenvalue weighted by Gasteiger charge is 2.14. The number of rotatable bonds is 5. The Morgan fingerprint density at radius 2 is 1.96 bits per heavy atom. The first-order chi connectivity index (χ1) is 11.1. The molecule has 1 saturated heterocycles. The van der Waals surface area contributed by atoms with Crippen LogP contribution in [0.1, 0.15) is 6.42 Å². The maximum absolute atomic E-state index is 11.8. The Kier molecular flexibility index (Phi) is 4.83. The first-order valence-corrected chi connectivity index (χ1v) is 8.11. The normalized spacial score (nSPS) is 16.7. The van der Waals surface area contributed by atoms with Crippen LogP contribution in [0, 0.1) is 0 Å². The zero-order valence-electron chi connectivity index (χ0n) is 13.5. The lowest BCUT2D eigenvalue weighted by Crippen LogP contribution is -2.44. The van der Waals surface area contributed by atoms with E-state index < -0.39 is 5.63 Å². The van der Waals surface area contributed by atoms with Crippen LogP contribution in [0.25, 0.3) is 11.0 Å². The quantitative estimate of drug-likeness (QED) is 0.642. The van der Waals surface area contributed by atoms with Gasteiger partial charge in [0.25, 0.3) is 0 Å². The van der Waals surface area contributed by atoms with Crippen LogP contribution in [-0.4, -0.2) is 56.1 Å². The molecule has 6 nitrogen and oxygen atoms in total. The van der Waals surface area contributed by atoms with E-state index in [1.807, 2.05) is 18.2 Å². The van der Waals surface area contributed by atoms with Crippen molar-refractivity contribution in [2.75, 3.05) is 57.4 Å². The van der Waals surface area contributed by atoms with E-state index in [0.717, 1.165) is 51.1 Å². The first-order valence-electron chi connectivity index (χ1n) is 8.11. The van der Waals surface area contributed by atoms with Crippen LogP contribution >= 0.6 is 0 Å². The lowest BCUT2D eigenvalue weighted by Gasteiger charge is -2.32. The summed E-state index contributed by atoms with van der Waals surface area (Å²) in [5, 5.41) is 4.17. The molecular formula is C17H24N4O2. The van der Waals surface area contributed by atoms with E-state index >= 15 is 0 Å². The molecule has 1 aromatic carbocycles. The molecule has 1 aliphatic heterocycles. The average Bonchev–Trinajstić information content (AvgIpc) is 2.56. The Hall–Kier alpha value is -2.05. The second-order valence-electron chi connectivity index (χ2n) is 6.10. The summed E-state index contributed by atoms with van der Waals surface area (Å²) < 4.78 is 5.21. The molecule has 0 aliphatic carbocycles. The van der Waals surface area contributed by atoms with Crippen molar-refractivity contribution in [3.63, 3.8) is 0 Å². The number of piperazine rings is 1. The molecule has 0 amide bonds. The predicted molar refractivity (Wildman–Crippen MR) is 93.9 cm³/mol. The molecule has 0 spiro atoms. The maximum atomic E-state index is 11.8. The van der Waals surface area contributed by atoms with Crippen molar-refractivity contribution < 1.29 is 4.42 Å². The second kappa shape index (κ2) is 7.02. The molecule has 0 saturated carbocycles. The molecule has 124 valence electrons. The Balaban J connectivity index is 1.61. The maximum Gasteiger partial charge on any atom is 0.361 e. The zero-order chi connectivity index (χ0) is 16.2. The fourth-order valence-corrected chi connectivity index (χ4v) is 2.94. The third-order valence-corrected chi connectivity index (χ3v) is 4.40. The number of nitrogens with two attached hydrogens (primary N) is 1. The largest absolute Gasteiger partial charge is 0.421 e. The minimum atomic E-state index is -0.481. The number of nitrogen functional groups attached to an aromatic ring is 1. The van der Waals surface area contributed by atoms with Gasteiger partial charge in [0, 0.05) is 38.1 Å². The van der Waals surface area contributed by atoms with Gasteiger partial charge in [-0.3, -0.25) is 0 Å². The average molecular weight is 316 g/mol. The molecule has 0 bridgehead atoms. The van der Waals surface area contributed by atoms with Gasteiger partial charge in [0.05, 0.1) is 5.69 Å². The molecule has 2 aromatic rings. The second-order valence-corrected chi connectivity index (χ2v) is 6.10. The van der Waals surface area contributed by atoms with E-state index in [2.05, 4.69) is 22.2 Å². The summed E-state index contributed by atoms with van der Waals surface area (Å²) in [7, 11) is 2.16. The molecule has 2 heterocycles. The standard InChI is InChI=1S/C17H24N4O2/c1-20-9-11-21(12-10-20)8-4-7-19-16-13-5-2-3-6-14(13)23-17(22)15(16)18/h2-3,5-6,19H,4,7-12,18H2,1H3. The van der Waals surface area contributed by atoms with Gasteiger partial charge < -0.3 is 25.3 Å². The van der Waals surface area contributed by atoms with Crippen molar-refractivity contribution in [3.8, 4) is 0 Å². The van der Waals surface area contributed by atoms with Gasteiger partial charge in [-0.15, -0.1) is 0 Å². The molecule has 6 heteroatoms. The van der Waals surface area contributed by atoms with Gasteiger partial charge in [-0.25, -0.2) is 4.79 Å². The van der Waals surface area contributed by atoms with Crippen LogP contribution in [0.5, 0.6) is 0 Å². The molecule has 1 aromatic heterocycles. The van der Waals surface area contributed by atoms with Gasteiger partial charge in [0.2, 0.25) is 0 Å². The van der Waals surface area contributed by atoms with Crippen molar-refractivity contribution in [1.29, 1.82) is 0 Å². The third-order valence-electron chi connectivity index (χ3n) is 4.40. The number of anilines is 2. The van der Waals surface area contributed by atoms with Crippen LogP contribution in [0.4, 0.5) is 11.4 Å². The summed E-state index contributed by atoms with van der Waals surface area (Å²) >= 11 is 0. The monoisotopic (exact) mass is 316 g/mol. The predicted octanol–water partition coefficient (Wildman–Crippen LogP) is 1.42. The Morgan fingerprint density at radius 1 is 1.22 bits per heavy atom. The van der Waals surface area contributed by atoms with Gasteiger partial charge in [0.1, 0.15) is 11.3 Å². The number of nitrogens with zero attached hydrogens (tertiary/aromatic N) is 2. The smallest absolute Gasteiger partial charge is 0.361 e. The van der Waals surface area contributed by atoms with Gasteiger partial charge >= 0.3 is 5.63 Å². The lowest BCUT2D eigenvalue weighted by molar-refractivity contribution is 0.154. The van der Waals surface area contributed by atoms with Crippen LogP contribution in [0.2, 0.25) is 0 Å². The van der Waals surface area contributed by atoms with E-state index in [1.165, 1.54) is 0 Å². The van der Waals surface area contributed by atoms with Crippen LogP contribution < -0.4 is 16.7 Å². The van der Waals surface area contributed by atoms with E-state index in [9.17, 15) is 4.79 Å². The summed E-state index contributed by atoms with van der Waals surface area (Å²) in [6.45, 7) is 6.34. The summed E-state index contributed by atoms with van der Waals surface area (Å²) in [5.41, 5.74) is 6.83. The number of para-hydroxylation sites is 1. The fourth-order valence-electron chi connectivity index (χ4n) is 2.94. The van der Waals surface area contributed by atoms with Crippen molar-refractivity contribution in [2.45, 2.75) is 6.42 Å². The molecule has 1 fully saturated rings. The van der Waals surface area contributed by atoms with Crippen LogP contribution in [-0.2, 0) is 0 Å². The molecule has 1 aliphatic rings. The van der Waals surface area contributed by atoms with E-state index in [4.69, 9.17) is 10.2 Å². The van der Waals surface area contributed by atoms with Gasteiger partial charge in [0.15, 0.2) is 0 Å².